The van der Waals surface area contributed by atoms with Crippen LogP contribution in [0.4, 0.5) is 5.69 Å². The van der Waals surface area contributed by atoms with Crippen LogP contribution in [0.5, 0.6) is 0 Å². The molecule has 1 aromatic carbocycles. The summed E-state index contributed by atoms with van der Waals surface area (Å²) in [7, 11) is 2.06. The van der Waals surface area contributed by atoms with Gasteiger partial charge in [0.2, 0.25) is 0 Å². The molecule has 4 nitrogen and oxygen atoms in total. The number of rotatable bonds is 6. The number of anilines is 1. The third kappa shape index (κ3) is 4.12. The van der Waals surface area contributed by atoms with E-state index in [1.165, 1.54) is 5.69 Å². The molecule has 1 N–H and O–H groups in total. The highest BCUT2D eigenvalue weighted by Crippen LogP contribution is 2.13. The molecule has 1 amide bonds. The third-order valence-electron chi connectivity index (χ3n) is 3.44. The fourth-order valence-corrected chi connectivity index (χ4v) is 2.28. The number of nitrogens with one attached hydrogen (secondary N) is 1. The first-order chi connectivity index (χ1) is 10.1. The van der Waals surface area contributed by atoms with Crippen LogP contribution in [0.15, 0.2) is 40.8 Å². The van der Waals surface area contributed by atoms with Gasteiger partial charge in [-0.1, -0.05) is 18.2 Å². The Morgan fingerprint density at radius 2 is 1.95 bits per heavy atom. The molecule has 0 aliphatic carbocycles. The van der Waals surface area contributed by atoms with E-state index < -0.39 is 0 Å². The molecule has 2 aromatic rings. The Balaban J connectivity index is 1.75. The molecule has 0 aliphatic rings. The second kappa shape index (κ2) is 6.97. The van der Waals surface area contributed by atoms with E-state index in [0.29, 0.717) is 17.9 Å². The summed E-state index contributed by atoms with van der Waals surface area (Å²) in [5, 5.41) is 2.93. The van der Waals surface area contributed by atoms with Crippen LogP contribution in [0.1, 0.15) is 28.3 Å². The molecule has 0 aliphatic heterocycles. The van der Waals surface area contributed by atoms with Crippen molar-refractivity contribution in [1.29, 1.82) is 0 Å². The second-order valence-electron chi connectivity index (χ2n) is 5.19. The standard InChI is InChI=1S/C17H22N2O2/c1-13-12-16(14(2)21-13)17(20)18-10-7-11-19(3)15-8-5-4-6-9-15/h4-6,8-9,12H,7,10-11H2,1-3H3,(H,18,20). The van der Waals surface area contributed by atoms with E-state index in [1.807, 2.05) is 32.0 Å². The topological polar surface area (TPSA) is 45.5 Å². The highest BCUT2D eigenvalue weighted by Gasteiger charge is 2.12. The van der Waals surface area contributed by atoms with E-state index in [0.717, 1.165) is 18.7 Å². The van der Waals surface area contributed by atoms with E-state index in [4.69, 9.17) is 4.42 Å². The lowest BCUT2D eigenvalue weighted by atomic mass is 10.2. The zero-order chi connectivity index (χ0) is 15.2. The lowest BCUT2D eigenvalue weighted by Gasteiger charge is -2.19. The molecule has 0 radical (unpaired) electrons. The SMILES string of the molecule is Cc1cc(C(=O)NCCCN(C)c2ccccc2)c(C)o1. The Bertz CT molecular complexity index is 590. The number of furan rings is 1. The first-order valence-electron chi connectivity index (χ1n) is 7.19. The van der Waals surface area contributed by atoms with Gasteiger partial charge >= 0.3 is 0 Å². The Morgan fingerprint density at radius 1 is 1.24 bits per heavy atom. The first kappa shape index (κ1) is 15.2. The van der Waals surface area contributed by atoms with Crippen LogP contribution in [-0.4, -0.2) is 26.0 Å². The zero-order valence-electron chi connectivity index (χ0n) is 12.8. The molecule has 0 saturated carbocycles. The van der Waals surface area contributed by atoms with Crippen LogP contribution in [0.25, 0.3) is 0 Å². The molecule has 1 aromatic heterocycles. The van der Waals surface area contributed by atoms with Crippen molar-refractivity contribution in [3.05, 3.63) is 53.5 Å². The maximum atomic E-state index is 12.0. The van der Waals surface area contributed by atoms with Crippen molar-refractivity contribution in [2.75, 3.05) is 25.0 Å². The van der Waals surface area contributed by atoms with Crippen molar-refractivity contribution in [2.24, 2.45) is 0 Å². The highest BCUT2D eigenvalue weighted by molar-refractivity contribution is 5.95. The van der Waals surface area contributed by atoms with Gasteiger partial charge < -0.3 is 14.6 Å². The Hall–Kier alpha value is -2.23. The molecule has 0 fully saturated rings. The maximum absolute atomic E-state index is 12.0. The molecule has 0 spiro atoms. The van der Waals surface area contributed by atoms with Crippen molar-refractivity contribution < 1.29 is 9.21 Å². The Labute approximate surface area is 125 Å². The summed E-state index contributed by atoms with van der Waals surface area (Å²) in [6.45, 7) is 5.21. The molecule has 112 valence electrons. The van der Waals surface area contributed by atoms with Crippen molar-refractivity contribution in [3.8, 4) is 0 Å². The van der Waals surface area contributed by atoms with Crippen molar-refractivity contribution in [1.82, 2.24) is 5.32 Å². The van der Waals surface area contributed by atoms with Crippen LogP contribution in [-0.2, 0) is 0 Å². The van der Waals surface area contributed by atoms with Gasteiger partial charge in [-0.25, -0.2) is 0 Å². The number of hydrogen-bond acceptors (Lipinski definition) is 3. The number of aryl methyl sites for hydroxylation is 2. The number of nitrogens with zero attached hydrogens (tertiary/aromatic N) is 1. The Morgan fingerprint density at radius 3 is 2.57 bits per heavy atom. The molecular weight excluding hydrogens is 264 g/mol. The van der Waals surface area contributed by atoms with E-state index in [-0.39, 0.29) is 5.91 Å². The lowest BCUT2D eigenvalue weighted by molar-refractivity contribution is 0.0952. The summed E-state index contributed by atoms with van der Waals surface area (Å²) >= 11 is 0. The van der Waals surface area contributed by atoms with Gasteiger partial charge in [0.25, 0.3) is 5.91 Å². The molecule has 0 unspecified atom stereocenters. The minimum Gasteiger partial charge on any atom is -0.466 e. The van der Waals surface area contributed by atoms with Gasteiger partial charge in [0.1, 0.15) is 11.5 Å². The number of carbonyl (C=O) groups is 1. The van der Waals surface area contributed by atoms with Crippen LogP contribution >= 0.6 is 0 Å². The predicted octanol–water partition coefficient (Wildman–Crippen LogP) is 3.15. The molecule has 2 rings (SSSR count). The fourth-order valence-electron chi connectivity index (χ4n) is 2.28. The number of para-hydroxylation sites is 1. The van der Waals surface area contributed by atoms with Gasteiger partial charge in [-0.2, -0.15) is 0 Å². The molecule has 0 bridgehead atoms. The van der Waals surface area contributed by atoms with Crippen molar-refractivity contribution in [2.45, 2.75) is 20.3 Å². The van der Waals surface area contributed by atoms with E-state index in [9.17, 15) is 4.79 Å². The molecule has 4 heteroatoms. The molecule has 0 atom stereocenters. The zero-order valence-corrected chi connectivity index (χ0v) is 12.8. The van der Waals surface area contributed by atoms with E-state index in [2.05, 4.69) is 29.4 Å². The van der Waals surface area contributed by atoms with Crippen LogP contribution in [0.3, 0.4) is 0 Å². The number of amides is 1. The van der Waals surface area contributed by atoms with E-state index >= 15 is 0 Å². The average molecular weight is 286 g/mol. The quantitative estimate of drug-likeness (QED) is 0.830. The van der Waals surface area contributed by atoms with Gasteiger partial charge in [0.05, 0.1) is 5.56 Å². The van der Waals surface area contributed by atoms with Gasteiger partial charge in [-0.3, -0.25) is 4.79 Å². The third-order valence-corrected chi connectivity index (χ3v) is 3.44. The summed E-state index contributed by atoms with van der Waals surface area (Å²) in [4.78, 5) is 14.2. The molecule has 1 heterocycles. The number of benzene rings is 1. The summed E-state index contributed by atoms with van der Waals surface area (Å²) < 4.78 is 5.37. The monoisotopic (exact) mass is 286 g/mol. The highest BCUT2D eigenvalue weighted by atomic mass is 16.3. The summed E-state index contributed by atoms with van der Waals surface area (Å²) in [5.41, 5.74) is 1.81. The normalized spacial score (nSPS) is 10.4. The summed E-state index contributed by atoms with van der Waals surface area (Å²) in [6, 6.07) is 12.0. The van der Waals surface area contributed by atoms with Crippen LogP contribution in [0.2, 0.25) is 0 Å². The largest absolute Gasteiger partial charge is 0.466 e. The second-order valence-corrected chi connectivity index (χ2v) is 5.19. The van der Waals surface area contributed by atoms with Gasteiger partial charge in [0.15, 0.2) is 0 Å². The number of carbonyl (C=O) groups excluding carboxylic acids is 1. The van der Waals surface area contributed by atoms with Crippen molar-refractivity contribution >= 4 is 11.6 Å². The van der Waals surface area contributed by atoms with Crippen molar-refractivity contribution in [3.63, 3.8) is 0 Å². The summed E-state index contributed by atoms with van der Waals surface area (Å²) in [5.74, 6) is 1.37. The molecular formula is C17H22N2O2. The average Bonchev–Trinajstić information content (AvgIpc) is 2.83. The van der Waals surface area contributed by atoms with Crippen LogP contribution in [0, 0.1) is 13.8 Å². The van der Waals surface area contributed by atoms with Gasteiger partial charge in [-0.05, 0) is 38.5 Å². The minimum atomic E-state index is -0.0632. The predicted molar refractivity (Wildman–Crippen MR) is 84.8 cm³/mol. The smallest absolute Gasteiger partial charge is 0.254 e. The maximum Gasteiger partial charge on any atom is 0.254 e. The molecule has 21 heavy (non-hydrogen) atoms. The van der Waals surface area contributed by atoms with Crippen LogP contribution < -0.4 is 10.2 Å². The fraction of sp³-hybridized carbons (Fsp3) is 0.353. The summed E-state index contributed by atoms with van der Waals surface area (Å²) in [6.07, 6.45) is 0.896. The first-order valence-corrected chi connectivity index (χ1v) is 7.19. The molecule has 0 saturated heterocycles. The van der Waals surface area contributed by atoms with E-state index in [1.54, 1.807) is 6.07 Å². The van der Waals surface area contributed by atoms with Gasteiger partial charge in [-0.15, -0.1) is 0 Å². The lowest BCUT2D eigenvalue weighted by Crippen LogP contribution is -2.28. The number of hydrogen-bond donors (Lipinski definition) is 1. The Kier molecular flexibility index (Phi) is 5.04. The minimum absolute atomic E-state index is 0.0632. The van der Waals surface area contributed by atoms with Gasteiger partial charge in [0, 0.05) is 25.8 Å².